The molecule has 2 aromatic carbocycles. The zero-order chi connectivity index (χ0) is 31.1. The van der Waals surface area contributed by atoms with Gasteiger partial charge in [-0.3, -0.25) is 9.88 Å². The van der Waals surface area contributed by atoms with Crippen molar-refractivity contribution in [2.75, 3.05) is 25.6 Å². The van der Waals surface area contributed by atoms with Crippen LogP contribution < -0.4 is 10.1 Å². The predicted molar refractivity (Wildman–Crippen MR) is 167 cm³/mol. The molecule has 2 aliphatic carbocycles. The van der Waals surface area contributed by atoms with E-state index in [2.05, 4.69) is 29.0 Å². The number of hydrogen-bond donors (Lipinski definition) is 1. The lowest BCUT2D eigenvalue weighted by molar-refractivity contribution is -0.148. The molecule has 3 aliphatic rings. The molecule has 1 spiro atoms. The van der Waals surface area contributed by atoms with Crippen molar-refractivity contribution in [3.63, 3.8) is 0 Å². The van der Waals surface area contributed by atoms with Gasteiger partial charge in [-0.15, -0.1) is 0 Å². The number of anilines is 1. The molecule has 44 heavy (non-hydrogen) atoms. The molecule has 0 unspecified atom stereocenters. The maximum absolute atomic E-state index is 14.4. The van der Waals surface area contributed by atoms with Crippen molar-refractivity contribution >= 4 is 23.3 Å². The van der Waals surface area contributed by atoms with Gasteiger partial charge in [0, 0.05) is 47.7 Å². The van der Waals surface area contributed by atoms with Crippen LogP contribution in [0.2, 0.25) is 5.02 Å². The van der Waals surface area contributed by atoms with Crippen molar-refractivity contribution in [2.45, 2.75) is 82.3 Å². The lowest BCUT2D eigenvalue weighted by Crippen LogP contribution is -2.56. The van der Waals surface area contributed by atoms with Crippen LogP contribution in [0.1, 0.15) is 80.7 Å². The molecule has 2 heterocycles. The number of aromatic nitrogens is 1. The molecule has 1 aliphatic heterocycles. The van der Waals surface area contributed by atoms with E-state index in [1.807, 2.05) is 18.3 Å². The smallest absolute Gasteiger partial charge is 0.331 e. The number of hydrogen-bond acceptors (Lipinski definition) is 6. The largest absolute Gasteiger partial charge is 0.493 e. The third-order valence-corrected chi connectivity index (χ3v) is 10.3. The number of benzene rings is 2. The van der Waals surface area contributed by atoms with Crippen LogP contribution in [-0.4, -0.2) is 41.7 Å². The first-order valence-corrected chi connectivity index (χ1v) is 16.0. The second kappa shape index (κ2) is 12.3. The molecule has 0 bridgehead atoms. The van der Waals surface area contributed by atoms with Crippen LogP contribution in [0, 0.1) is 17.6 Å². The van der Waals surface area contributed by atoms with Gasteiger partial charge in [0.05, 0.1) is 18.7 Å². The molecule has 0 saturated heterocycles. The molecule has 1 saturated carbocycles. The number of halogens is 3. The van der Waals surface area contributed by atoms with Crippen LogP contribution in [0.4, 0.5) is 14.5 Å². The summed E-state index contributed by atoms with van der Waals surface area (Å²) in [6, 6.07) is 11.4. The van der Waals surface area contributed by atoms with Crippen molar-refractivity contribution in [3.05, 3.63) is 87.7 Å². The van der Waals surface area contributed by atoms with Gasteiger partial charge in [-0.1, -0.05) is 31.5 Å². The monoisotopic (exact) mass is 623 g/mol. The summed E-state index contributed by atoms with van der Waals surface area (Å²) in [4.78, 5) is 20.3. The Balaban J connectivity index is 1.22. The highest BCUT2D eigenvalue weighted by Crippen LogP contribution is 2.52. The zero-order valence-electron chi connectivity index (χ0n) is 25.6. The summed E-state index contributed by atoms with van der Waals surface area (Å²) in [5, 5.41) is 3.33. The summed E-state index contributed by atoms with van der Waals surface area (Å²) >= 11 is 6.05. The second-order valence-electron chi connectivity index (χ2n) is 12.9. The van der Waals surface area contributed by atoms with E-state index in [0.717, 1.165) is 48.4 Å². The van der Waals surface area contributed by atoms with Gasteiger partial charge in [0.15, 0.2) is 0 Å². The molecule has 3 aromatic rings. The van der Waals surface area contributed by atoms with Crippen molar-refractivity contribution in [1.82, 2.24) is 9.88 Å². The molecular formula is C35H40ClF2N3O3. The summed E-state index contributed by atoms with van der Waals surface area (Å²) < 4.78 is 40.0. The highest BCUT2D eigenvalue weighted by Gasteiger charge is 2.53. The van der Waals surface area contributed by atoms with Crippen molar-refractivity contribution in [2.24, 2.45) is 5.92 Å². The lowest BCUT2D eigenvalue weighted by Gasteiger charge is -2.49. The number of rotatable bonds is 8. The Kier molecular flexibility index (Phi) is 8.59. The van der Waals surface area contributed by atoms with Crippen molar-refractivity contribution in [3.8, 4) is 5.75 Å². The standard InChI is InChI=1S/C35H40ClF2N3O3/c1-22(21-44-31-11-16-39-30-6-4-5-23(2)32(30)31)19-41-20-24-17-25(37)7-9-27(24)35(41)14-12-34(13-15-35,33(42)43-3)40-26-8-10-29(38)28(36)18-26/h7-11,16-18,22-23,40H,4-6,12-15,19-21H2,1-3H3/t22-,23-,34?,35?/m1/s1. The van der Waals surface area contributed by atoms with Gasteiger partial charge in [-0.25, -0.2) is 13.6 Å². The van der Waals surface area contributed by atoms with Gasteiger partial charge >= 0.3 is 5.97 Å². The van der Waals surface area contributed by atoms with E-state index in [4.69, 9.17) is 21.1 Å². The Hall–Kier alpha value is -3.23. The highest BCUT2D eigenvalue weighted by molar-refractivity contribution is 6.31. The first-order valence-electron chi connectivity index (χ1n) is 15.6. The number of ether oxygens (including phenoxy) is 2. The fourth-order valence-corrected chi connectivity index (χ4v) is 7.93. The molecule has 6 nitrogen and oxygen atoms in total. The Morgan fingerprint density at radius 3 is 2.70 bits per heavy atom. The molecule has 1 aromatic heterocycles. The average Bonchev–Trinajstić information content (AvgIpc) is 3.29. The minimum Gasteiger partial charge on any atom is -0.493 e. The van der Waals surface area contributed by atoms with E-state index in [-0.39, 0.29) is 28.3 Å². The first kappa shape index (κ1) is 30.8. The number of pyridine rings is 1. The third kappa shape index (κ3) is 5.67. The van der Waals surface area contributed by atoms with Gasteiger partial charge in [-0.05, 0) is 98.4 Å². The number of nitrogens with zero attached hydrogens (tertiary/aromatic N) is 2. The van der Waals surface area contributed by atoms with Crippen molar-refractivity contribution < 1.29 is 23.0 Å². The SMILES string of the molecule is COC(=O)C1(Nc2ccc(F)c(Cl)c2)CCC2(CC1)c1ccc(F)cc1CN2C[C@@H](C)COc1ccnc2c1[C@H](C)CCC2. The Morgan fingerprint density at radius 1 is 1.16 bits per heavy atom. The van der Waals surface area contributed by atoms with Gasteiger partial charge in [0.2, 0.25) is 0 Å². The van der Waals surface area contributed by atoms with E-state index in [9.17, 15) is 13.6 Å². The number of aryl methyl sites for hydroxylation is 1. The summed E-state index contributed by atoms with van der Waals surface area (Å²) in [5.41, 5.74) is 3.70. The topological polar surface area (TPSA) is 63.7 Å². The van der Waals surface area contributed by atoms with Gasteiger partial charge in [-0.2, -0.15) is 0 Å². The number of carbonyl (C=O) groups excluding carboxylic acids is 1. The fourth-order valence-electron chi connectivity index (χ4n) is 7.75. The first-order chi connectivity index (χ1) is 21.1. The predicted octanol–water partition coefficient (Wildman–Crippen LogP) is 7.78. The van der Waals surface area contributed by atoms with Crippen LogP contribution in [0.15, 0.2) is 48.7 Å². The molecule has 6 rings (SSSR count). The quantitative estimate of drug-likeness (QED) is 0.259. The van der Waals surface area contributed by atoms with Crippen molar-refractivity contribution in [1.29, 1.82) is 0 Å². The summed E-state index contributed by atoms with van der Waals surface area (Å²) in [5.74, 6) is 0.426. The number of carbonyl (C=O) groups is 1. The Labute approximate surface area is 263 Å². The number of fused-ring (bicyclic) bond motifs is 3. The molecule has 9 heteroatoms. The van der Waals surface area contributed by atoms with Crippen LogP contribution in [0.3, 0.4) is 0 Å². The minimum atomic E-state index is -0.999. The van der Waals surface area contributed by atoms with E-state index < -0.39 is 11.4 Å². The maximum atomic E-state index is 14.4. The second-order valence-corrected chi connectivity index (χ2v) is 13.3. The number of esters is 1. The minimum absolute atomic E-state index is 0.0156. The molecule has 1 fully saturated rings. The molecule has 1 N–H and O–H groups in total. The van der Waals surface area contributed by atoms with Crippen LogP contribution in [0.5, 0.6) is 5.75 Å². The Morgan fingerprint density at radius 2 is 1.95 bits per heavy atom. The van der Waals surface area contributed by atoms with Crippen LogP contribution in [-0.2, 0) is 28.0 Å². The summed E-state index contributed by atoms with van der Waals surface area (Å²) in [7, 11) is 1.39. The van der Waals surface area contributed by atoms with Crippen LogP contribution >= 0.6 is 11.6 Å². The maximum Gasteiger partial charge on any atom is 0.331 e. The van der Waals surface area contributed by atoms with Gasteiger partial charge in [0.1, 0.15) is 22.9 Å². The lowest BCUT2D eigenvalue weighted by atomic mass is 9.69. The summed E-state index contributed by atoms with van der Waals surface area (Å²) in [6.07, 6.45) is 7.42. The molecule has 2 atom stereocenters. The number of methoxy groups -OCH3 is 1. The van der Waals surface area contributed by atoms with E-state index >= 15 is 0 Å². The van der Waals surface area contributed by atoms with Gasteiger partial charge in [0.25, 0.3) is 0 Å². The summed E-state index contributed by atoms with van der Waals surface area (Å²) in [6.45, 7) is 6.38. The molecule has 234 valence electrons. The molecule has 0 radical (unpaired) electrons. The van der Waals surface area contributed by atoms with E-state index in [1.165, 1.54) is 30.9 Å². The molecule has 0 amide bonds. The van der Waals surface area contributed by atoms with E-state index in [0.29, 0.717) is 50.4 Å². The number of nitrogens with one attached hydrogen (secondary N) is 1. The normalized spacial score (nSPS) is 25.3. The van der Waals surface area contributed by atoms with Gasteiger partial charge < -0.3 is 14.8 Å². The van der Waals surface area contributed by atoms with E-state index in [1.54, 1.807) is 12.1 Å². The molecular weight excluding hydrogens is 584 g/mol. The fraction of sp³-hybridized carbons (Fsp3) is 0.486. The zero-order valence-corrected chi connectivity index (χ0v) is 26.4. The third-order valence-electron chi connectivity index (χ3n) is 9.98. The highest BCUT2D eigenvalue weighted by atomic mass is 35.5. The average molecular weight is 624 g/mol. The Bertz CT molecular complexity index is 1540. The van der Waals surface area contributed by atoms with Crippen LogP contribution in [0.25, 0.3) is 0 Å².